The summed E-state index contributed by atoms with van der Waals surface area (Å²) in [5.74, 6) is -0.926. The molecule has 0 unspecified atom stereocenters. The van der Waals surface area contributed by atoms with Crippen LogP contribution in [0.5, 0.6) is 0 Å². The molecule has 13 heavy (non-hydrogen) atoms. The van der Waals surface area contributed by atoms with Crippen LogP contribution in [0.2, 0.25) is 0 Å². The molecule has 0 radical (unpaired) electrons. The Morgan fingerprint density at radius 3 is 2.77 bits per heavy atom. The van der Waals surface area contributed by atoms with Gasteiger partial charge in [0.15, 0.2) is 0 Å². The number of ether oxygens (including phenoxy) is 1. The average molecular weight is 184 g/mol. The van der Waals surface area contributed by atoms with Gasteiger partial charge in [0.25, 0.3) is 0 Å². The topological polar surface area (TPSA) is 46.5 Å². The van der Waals surface area contributed by atoms with Crippen LogP contribution in [0.15, 0.2) is 11.6 Å². The van der Waals surface area contributed by atoms with Crippen molar-refractivity contribution < 1.29 is 14.6 Å². The lowest BCUT2D eigenvalue weighted by Crippen LogP contribution is -2.29. The van der Waals surface area contributed by atoms with E-state index in [2.05, 4.69) is 0 Å². The van der Waals surface area contributed by atoms with Crippen molar-refractivity contribution in [1.29, 1.82) is 0 Å². The molecule has 0 aromatic rings. The van der Waals surface area contributed by atoms with Crippen molar-refractivity contribution in [3.8, 4) is 0 Å². The van der Waals surface area contributed by atoms with Crippen molar-refractivity contribution in [2.75, 3.05) is 6.61 Å². The van der Waals surface area contributed by atoms with Gasteiger partial charge >= 0.3 is 5.97 Å². The third kappa shape index (κ3) is 3.19. The fourth-order valence-corrected chi connectivity index (χ4v) is 1.54. The minimum Gasteiger partial charge on any atom is -0.481 e. The van der Waals surface area contributed by atoms with E-state index in [1.807, 2.05) is 19.9 Å². The molecule has 1 N–H and O–H groups in total. The van der Waals surface area contributed by atoms with Crippen molar-refractivity contribution in [2.45, 2.75) is 32.8 Å². The zero-order chi connectivity index (χ0) is 9.84. The van der Waals surface area contributed by atoms with Gasteiger partial charge in [0.1, 0.15) is 0 Å². The van der Waals surface area contributed by atoms with Crippen LogP contribution in [0.25, 0.3) is 0 Å². The van der Waals surface area contributed by atoms with E-state index < -0.39 is 5.97 Å². The summed E-state index contributed by atoms with van der Waals surface area (Å²) in [6.45, 7) is 4.55. The van der Waals surface area contributed by atoms with Gasteiger partial charge in [-0.05, 0) is 26.7 Å². The summed E-state index contributed by atoms with van der Waals surface area (Å²) >= 11 is 0. The molecule has 1 rings (SSSR count). The van der Waals surface area contributed by atoms with Crippen molar-refractivity contribution in [1.82, 2.24) is 0 Å². The number of hydrogen-bond acceptors (Lipinski definition) is 2. The van der Waals surface area contributed by atoms with E-state index in [0.717, 1.165) is 0 Å². The second-order valence-electron chi connectivity index (χ2n) is 3.71. The number of aliphatic carboxylic acids is 1. The lowest BCUT2D eigenvalue weighted by molar-refractivity contribution is -0.146. The Hall–Kier alpha value is -0.830. The summed E-state index contributed by atoms with van der Waals surface area (Å²) in [6.07, 6.45) is 3.25. The van der Waals surface area contributed by atoms with Crippen LogP contribution in [-0.2, 0) is 9.53 Å². The number of carboxylic acid groups (broad SMARTS) is 1. The lowest BCUT2D eigenvalue weighted by atomic mass is 9.95. The summed E-state index contributed by atoms with van der Waals surface area (Å²) in [7, 11) is 0. The SMILES string of the molecule is CC(C)=C[C@@H]1C[C@@H](C(=O)O)CCO1. The Labute approximate surface area is 78.4 Å². The number of carboxylic acids is 1. The largest absolute Gasteiger partial charge is 0.481 e. The van der Waals surface area contributed by atoms with Crippen LogP contribution in [0.1, 0.15) is 26.7 Å². The maximum Gasteiger partial charge on any atom is 0.306 e. The Morgan fingerprint density at radius 2 is 2.23 bits per heavy atom. The molecule has 0 aromatic carbocycles. The van der Waals surface area contributed by atoms with Crippen LogP contribution in [0.4, 0.5) is 0 Å². The molecule has 0 amide bonds. The van der Waals surface area contributed by atoms with Crippen molar-refractivity contribution in [2.24, 2.45) is 5.92 Å². The van der Waals surface area contributed by atoms with Crippen LogP contribution in [0, 0.1) is 5.92 Å². The van der Waals surface area contributed by atoms with Gasteiger partial charge in [0, 0.05) is 6.61 Å². The Balaban J connectivity index is 2.51. The zero-order valence-corrected chi connectivity index (χ0v) is 8.12. The van der Waals surface area contributed by atoms with Crippen LogP contribution >= 0.6 is 0 Å². The standard InChI is InChI=1S/C10H16O3/c1-7(2)5-9-6-8(10(11)12)3-4-13-9/h5,8-9H,3-4,6H2,1-2H3,(H,11,12)/t8-,9+/m0/s1. The molecule has 1 heterocycles. The highest BCUT2D eigenvalue weighted by Gasteiger charge is 2.26. The van der Waals surface area contributed by atoms with E-state index in [9.17, 15) is 4.79 Å². The van der Waals surface area contributed by atoms with Crippen LogP contribution in [0.3, 0.4) is 0 Å². The normalized spacial score (nSPS) is 28.2. The fraction of sp³-hybridized carbons (Fsp3) is 0.700. The molecule has 74 valence electrons. The third-order valence-electron chi connectivity index (χ3n) is 2.18. The van der Waals surface area contributed by atoms with E-state index in [1.165, 1.54) is 5.57 Å². The third-order valence-corrected chi connectivity index (χ3v) is 2.18. The van der Waals surface area contributed by atoms with E-state index in [0.29, 0.717) is 19.4 Å². The maximum absolute atomic E-state index is 10.7. The minimum absolute atomic E-state index is 0.000139. The molecular weight excluding hydrogens is 168 g/mol. The predicted molar refractivity (Wildman–Crippen MR) is 49.5 cm³/mol. The first-order chi connectivity index (χ1) is 6.09. The molecule has 1 fully saturated rings. The molecule has 0 aromatic heterocycles. The van der Waals surface area contributed by atoms with Crippen LogP contribution < -0.4 is 0 Å². The molecule has 0 aliphatic carbocycles. The highest BCUT2D eigenvalue weighted by molar-refractivity contribution is 5.70. The predicted octanol–water partition coefficient (Wildman–Crippen LogP) is 1.83. The Morgan fingerprint density at radius 1 is 1.54 bits per heavy atom. The molecule has 1 saturated heterocycles. The highest BCUT2D eigenvalue weighted by Crippen LogP contribution is 2.21. The van der Waals surface area contributed by atoms with E-state index >= 15 is 0 Å². The first-order valence-corrected chi connectivity index (χ1v) is 4.59. The summed E-state index contributed by atoms with van der Waals surface area (Å²) in [5.41, 5.74) is 1.18. The quantitative estimate of drug-likeness (QED) is 0.666. The number of rotatable bonds is 2. The van der Waals surface area contributed by atoms with Gasteiger partial charge in [-0.3, -0.25) is 4.79 Å². The molecule has 3 nitrogen and oxygen atoms in total. The summed E-state index contributed by atoms with van der Waals surface area (Å²) in [5, 5.41) is 8.81. The maximum atomic E-state index is 10.7. The van der Waals surface area contributed by atoms with Gasteiger partial charge in [-0.2, -0.15) is 0 Å². The van der Waals surface area contributed by atoms with Gasteiger partial charge in [0.05, 0.1) is 12.0 Å². The van der Waals surface area contributed by atoms with Gasteiger partial charge in [-0.15, -0.1) is 0 Å². The molecule has 0 bridgehead atoms. The van der Waals surface area contributed by atoms with Gasteiger partial charge in [0.2, 0.25) is 0 Å². The number of carbonyl (C=O) groups is 1. The van der Waals surface area contributed by atoms with Crippen molar-refractivity contribution >= 4 is 5.97 Å². The van der Waals surface area contributed by atoms with E-state index in [4.69, 9.17) is 9.84 Å². The first kappa shape index (κ1) is 10.3. The summed E-state index contributed by atoms with van der Waals surface area (Å²) in [6, 6.07) is 0. The molecule has 1 aliphatic rings. The lowest BCUT2D eigenvalue weighted by Gasteiger charge is -2.25. The molecule has 1 aliphatic heterocycles. The van der Waals surface area contributed by atoms with Gasteiger partial charge < -0.3 is 9.84 Å². The summed E-state index contributed by atoms with van der Waals surface area (Å²) < 4.78 is 5.43. The first-order valence-electron chi connectivity index (χ1n) is 4.59. The summed E-state index contributed by atoms with van der Waals surface area (Å²) in [4.78, 5) is 10.7. The smallest absolute Gasteiger partial charge is 0.306 e. The highest BCUT2D eigenvalue weighted by atomic mass is 16.5. The molecule has 0 spiro atoms. The molecule has 0 saturated carbocycles. The Bertz CT molecular complexity index is 216. The molecular formula is C10H16O3. The Kier molecular flexibility index (Phi) is 3.48. The average Bonchev–Trinajstić information content (AvgIpc) is 2.03. The van der Waals surface area contributed by atoms with Crippen molar-refractivity contribution in [3.05, 3.63) is 11.6 Å². The van der Waals surface area contributed by atoms with E-state index in [1.54, 1.807) is 0 Å². The van der Waals surface area contributed by atoms with Crippen molar-refractivity contribution in [3.63, 3.8) is 0 Å². The van der Waals surface area contributed by atoms with Gasteiger partial charge in [-0.1, -0.05) is 11.6 Å². The number of hydrogen-bond donors (Lipinski definition) is 1. The molecule has 3 heteroatoms. The monoisotopic (exact) mass is 184 g/mol. The molecule has 2 atom stereocenters. The van der Waals surface area contributed by atoms with E-state index in [-0.39, 0.29) is 12.0 Å². The van der Waals surface area contributed by atoms with Crippen LogP contribution in [-0.4, -0.2) is 23.8 Å². The second-order valence-corrected chi connectivity index (χ2v) is 3.71. The fourth-order valence-electron chi connectivity index (χ4n) is 1.54. The minimum atomic E-state index is -0.699. The zero-order valence-electron chi connectivity index (χ0n) is 8.12. The number of allylic oxidation sites excluding steroid dienone is 1. The van der Waals surface area contributed by atoms with Gasteiger partial charge in [-0.25, -0.2) is 0 Å². The second kappa shape index (κ2) is 4.42.